The molecule has 0 rings (SSSR count). The molecule has 11 heteroatoms. The monoisotopic (exact) mass is 855 g/mol. The molecule has 0 heterocycles. The molecule has 352 valence electrons. The predicted molar refractivity (Wildman–Crippen MR) is 239 cm³/mol. The summed E-state index contributed by atoms with van der Waals surface area (Å²) in [5.41, 5.74) is 0. The summed E-state index contributed by atoms with van der Waals surface area (Å²) in [7, 11) is 0. The zero-order valence-corrected chi connectivity index (χ0v) is 38.3. The first kappa shape index (κ1) is 57.3. The van der Waals surface area contributed by atoms with Crippen molar-refractivity contribution in [2.75, 3.05) is 26.4 Å². The van der Waals surface area contributed by atoms with E-state index in [9.17, 15) is 29.1 Å². The van der Waals surface area contributed by atoms with Gasteiger partial charge in [-0.2, -0.15) is 0 Å². The Morgan fingerprint density at radius 1 is 0.333 bits per heavy atom. The maximum atomic E-state index is 12.0. The molecule has 60 heavy (non-hydrogen) atoms. The molecule has 0 amide bonds. The minimum Gasteiger partial charge on any atom is -0.481 e. The van der Waals surface area contributed by atoms with Crippen molar-refractivity contribution < 1.29 is 53.1 Å². The van der Waals surface area contributed by atoms with E-state index in [0.29, 0.717) is 45.5 Å². The summed E-state index contributed by atoms with van der Waals surface area (Å²) in [5.74, 6) is -2.00. The van der Waals surface area contributed by atoms with Crippen molar-refractivity contribution in [2.24, 2.45) is 0 Å². The fourth-order valence-electron chi connectivity index (χ4n) is 7.18. The van der Waals surface area contributed by atoms with E-state index in [1.54, 1.807) is 0 Å². The van der Waals surface area contributed by atoms with E-state index in [-0.39, 0.29) is 37.8 Å². The van der Waals surface area contributed by atoms with Crippen LogP contribution in [0.1, 0.15) is 251 Å². The van der Waals surface area contributed by atoms with Crippen LogP contribution in [0.4, 0.5) is 0 Å². The lowest BCUT2D eigenvalue weighted by atomic mass is 10.0. The molecule has 0 bridgehead atoms. The van der Waals surface area contributed by atoms with Crippen molar-refractivity contribution in [1.82, 2.24) is 0 Å². The van der Waals surface area contributed by atoms with Gasteiger partial charge < -0.3 is 29.2 Å². The van der Waals surface area contributed by atoms with Gasteiger partial charge in [-0.25, -0.2) is 0 Å². The number of carboxylic acid groups (broad SMARTS) is 1. The van der Waals surface area contributed by atoms with Crippen molar-refractivity contribution >= 4 is 29.8 Å². The molecule has 0 spiro atoms. The second-order valence-electron chi connectivity index (χ2n) is 16.9. The van der Waals surface area contributed by atoms with Gasteiger partial charge >= 0.3 is 29.8 Å². The molecule has 0 radical (unpaired) electrons. The lowest BCUT2D eigenvalue weighted by molar-refractivity contribution is -0.150. The fraction of sp³-hybridized carbons (Fsp3) is 0.898. The first-order valence-corrected chi connectivity index (χ1v) is 24.8. The zero-order valence-electron chi connectivity index (χ0n) is 38.3. The van der Waals surface area contributed by atoms with Crippen LogP contribution in [0, 0.1) is 0 Å². The quantitative estimate of drug-likeness (QED) is 0.0340. The van der Waals surface area contributed by atoms with E-state index in [2.05, 4.69) is 6.92 Å². The lowest BCUT2D eigenvalue weighted by Crippen LogP contribution is -2.21. The summed E-state index contributed by atoms with van der Waals surface area (Å²) in [6.45, 7) is 3.82. The Kier molecular flexibility index (Phi) is 43.8. The van der Waals surface area contributed by atoms with E-state index in [1.165, 1.54) is 89.9 Å². The van der Waals surface area contributed by atoms with Crippen LogP contribution >= 0.6 is 0 Å². The number of hydrogen-bond donors (Lipinski definition) is 2. The third-order valence-electron chi connectivity index (χ3n) is 10.9. The molecular weight excluding hydrogens is 765 g/mol. The number of aliphatic hydroxyl groups is 1. The Bertz CT molecular complexity index is 1020. The number of esters is 4. The Labute approximate surface area is 365 Å². The fourth-order valence-corrected chi connectivity index (χ4v) is 7.18. The number of hydrogen-bond acceptors (Lipinski definition) is 10. The van der Waals surface area contributed by atoms with E-state index >= 15 is 0 Å². The SMILES string of the molecule is CCCCCCCCCCCCCCCCOC(=O)CC(O)CC(=O)OCCCCCCCC(=O)OCCCCCCCCCCCC(=O)OCCCCCCCC(=O)O. The lowest BCUT2D eigenvalue weighted by Gasteiger charge is -2.10. The molecule has 0 saturated heterocycles. The van der Waals surface area contributed by atoms with Crippen molar-refractivity contribution in [3.05, 3.63) is 0 Å². The van der Waals surface area contributed by atoms with E-state index in [1.807, 2.05) is 0 Å². The van der Waals surface area contributed by atoms with Gasteiger partial charge in [0.05, 0.1) is 45.4 Å². The number of rotatable bonds is 47. The molecule has 0 aromatic rings. The van der Waals surface area contributed by atoms with Gasteiger partial charge in [0.25, 0.3) is 0 Å². The third-order valence-corrected chi connectivity index (χ3v) is 10.9. The number of unbranched alkanes of at least 4 members (excludes halogenated alkanes) is 29. The highest BCUT2D eigenvalue weighted by Gasteiger charge is 2.17. The Balaban J connectivity index is 3.43. The number of ether oxygens (including phenoxy) is 4. The molecule has 1 unspecified atom stereocenters. The second-order valence-corrected chi connectivity index (χ2v) is 16.9. The van der Waals surface area contributed by atoms with Crippen molar-refractivity contribution in [2.45, 2.75) is 257 Å². The molecule has 1 atom stereocenters. The number of aliphatic carboxylic acids is 1. The molecular formula is C49H90O11. The van der Waals surface area contributed by atoms with Gasteiger partial charge in [0.2, 0.25) is 0 Å². The highest BCUT2D eigenvalue weighted by Crippen LogP contribution is 2.15. The van der Waals surface area contributed by atoms with Crippen LogP contribution in [0.2, 0.25) is 0 Å². The van der Waals surface area contributed by atoms with Gasteiger partial charge in [-0.1, -0.05) is 174 Å². The largest absolute Gasteiger partial charge is 0.481 e. The van der Waals surface area contributed by atoms with Crippen molar-refractivity contribution in [3.63, 3.8) is 0 Å². The minimum atomic E-state index is -1.10. The molecule has 0 aromatic heterocycles. The normalized spacial score (nSPS) is 11.6. The number of carbonyl (C=O) groups excluding carboxylic acids is 4. The average molecular weight is 855 g/mol. The van der Waals surface area contributed by atoms with Gasteiger partial charge in [0.15, 0.2) is 0 Å². The topological polar surface area (TPSA) is 163 Å². The van der Waals surface area contributed by atoms with Crippen LogP contribution in [-0.2, 0) is 42.9 Å². The van der Waals surface area contributed by atoms with Crippen LogP contribution in [0.15, 0.2) is 0 Å². The highest BCUT2D eigenvalue weighted by molar-refractivity contribution is 5.73. The summed E-state index contributed by atoms with van der Waals surface area (Å²) in [4.78, 5) is 58.4. The van der Waals surface area contributed by atoms with Gasteiger partial charge in [0, 0.05) is 19.3 Å². The molecule has 0 saturated carbocycles. The third kappa shape index (κ3) is 46.4. The van der Waals surface area contributed by atoms with Crippen LogP contribution in [0.3, 0.4) is 0 Å². The Morgan fingerprint density at radius 3 is 0.850 bits per heavy atom. The van der Waals surface area contributed by atoms with Crippen molar-refractivity contribution in [3.8, 4) is 0 Å². The van der Waals surface area contributed by atoms with Crippen molar-refractivity contribution in [1.29, 1.82) is 0 Å². The van der Waals surface area contributed by atoms with Gasteiger partial charge in [-0.05, 0) is 44.9 Å². The van der Waals surface area contributed by atoms with Gasteiger partial charge in [0.1, 0.15) is 0 Å². The zero-order chi connectivity index (χ0) is 44.0. The van der Waals surface area contributed by atoms with Gasteiger partial charge in [-0.3, -0.25) is 24.0 Å². The first-order chi connectivity index (χ1) is 29.2. The molecule has 0 fully saturated rings. The maximum absolute atomic E-state index is 12.0. The second kappa shape index (κ2) is 45.8. The molecule has 0 aliphatic heterocycles. The summed E-state index contributed by atoms with van der Waals surface area (Å²) >= 11 is 0. The average Bonchev–Trinajstić information content (AvgIpc) is 3.21. The smallest absolute Gasteiger partial charge is 0.308 e. The summed E-state index contributed by atoms with van der Waals surface area (Å²) in [5, 5.41) is 18.7. The van der Waals surface area contributed by atoms with Gasteiger partial charge in [-0.15, -0.1) is 0 Å². The highest BCUT2D eigenvalue weighted by atomic mass is 16.5. The van der Waals surface area contributed by atoms with E-state index < -0.39 is 24.0 Å². The van der Waals surface area contributed by atoms with E-state index in [0.717, 1.165) is 109 Å². The maximum Gasteiger partial charge on any atom is 0.308 e. The van der Waals surface area contributed by atoms with Crippen LogP contribution in [-0.4, -0.2) is 72.6 Å². The molecule has 0 aliphatic carbocycles. The van der Waals surface area contributed by atoms with E-state index in [4.69, 9.17) is 24.1 Å². The summed E-state index contributed by atoms with van der Waals surface area (Å²) in [6, 6.07) is 0. The molecule has 0 aliphatic rings. The molecule has 2 N–H and O–H groups in total. The standard InChI is InChI=1S/C49H90O11/c1-2-3-4-5-6-7-8-9-10-11-14-18-25-33-40-59-48(55)42-44(50)43-49(56)60-41-34-27-20-23-30-37-47(54)57-38-31-24-17-15-12-13-16-22-29-36-46(53)58-39-32-26-19-21-28-35-45(51)52/h44,50H,2-43H2,1H3,(H,51,52). The Hall–Kier alpha value is -2.69. The summed E-state index contributed by atoms with van der Waals surface area (Å²) < 4.78 is 21.1. The number of carboxylic acids is 1. The molecule has 11 nitrogen and oxygen atoms in total. The first-order valence-electron chi connectivity index (χ1n) is 24.8. The minimum absolute atomic E-state index is 0.119. The van der Waals surface area contributed by atoms with Crippen LogP contribution in [0.25, 0.3) is 0 Å². The number of carbonyl (C=O) groups is 5. The molecule has 0 aromatic carbocycles. The number of aliphatic hydroxyl groups excluding tert-OH is 1. The Morgan fingerprint density at radius 2 is 0.567 bits per heavy atom. The van der Waals surface area contributed by atoms with Crippen LogP contribution < -0.4 is 0 Å². The predicted octanol–water partition coefficient (Wildman–Crippen LogP) is 12.4. The summed E-state index contributed by atoms with van der Waals surface area (Å²) in [6.07, 6.45) is 35.6. The van der Waals surface area contributed by atoms with Crippen LogP contribution in [0.5, 0.6) is 0 Å².